The lowest BCUT2D eigenvalue weighted by Crippen LogP contribution is -2.43. The number of aromatic nitrogens is 1. The van der Waals surface area contributed by atoms with Gasteiger partial charge in [0.05, 0.1) is 27.4 Å². The second-order valence-electron chi connectivity index (χ2n) is 6.01. The first-order valence-corrected chi connectivity index (χ1v) is 10.6. The molecule has 130 valence electrons. The average Bonchev–Trinajstić information content (AvgIpc) is 2.95. The van der Waals surface area contributed by atoms with Crippen LogP contribution in [-0.4, -0.2) is 43.0 Å². The van der Waals surface area contributed by atoms with E-state index < -0.39 is 10.0 Å². The molecular weight excluding hydrogens is 370 g/mol. The number of rotatable bonds is 3. The van der Waals surface area contributed by atoms with Crippen LogP contribution in [0.15, 0.2) is 12.1 Å². The molecule has 6 nitrogen and oxygen atoms in total. The third-order valence-electron chi connectivity index (χ3n) is 4.15. The van der Waals surface area contributed by atoms with Gasteiger partial charge in [0, 0.05) is 13.1 Å². The van der Waals surface area contributed by atoms with E-state index in [1.165, 1.54) is 21.9 Å². The van der Waals surface area contributed by atoms with Gasteiger partial charge >= 0.3 is 0 Å². The molecule has 2 heterocycles. The van der Waals surface area contributed by atoms with Gasteiger partial charge in [0.1, 0.15) is 0 Å². The molecule has 1 aliphatic rings. The van der Waals surface area contributed by atoms with E-state index in [2.05, 4.69) is 10.3 Å². The summed E-state index contributed by atoms with van der Waals surface area (Å²) in [6, 6.07) is 3.70. The second-order valence-corrected chi connectivity index (χ2v) is 9.40. The molecule has 9 heteroatoms. The maximum absolute atomic E-state index is 12.5. The normalized spacial score (nSPS) is 19.5. The lowest BCUT2D eigenvalue weighted by molar-refractivity contribution is -0.120. The van der Waals surface area contributed by atoms with Crippen LogP contribution < -0.4 is 5.32 Å². The molecule has 1 fully saturated rings. The van der Waals surface area contributed by atoms with Gasteiger partial charge in [0.2, 0.25) is 15.9 Å². The van der Waals surface area contributed by atoms with Crippen molar-refractivity contribution < 1.29 is 13.2 Å². The summed E-state index contributed by atoms with van der Waals surface area (Å²) in [4.78, 5) is 16.9. The van der Waals surface area contributed by atoms with E-state index in [4.69, 9.17) is 11.6 Å². The van der Waals surface area contributed by atoms with Crippen LogP contribution in [0.25, 0.3) is 10.2 Å². The molecule has 0 bridgehead atoms. The number of thiazole rings is 1. The van der Waals surface area contributed by atoms with Gasteiger partial charge in [-0.3, -0.25) is 4.79 Å². The van der Waals surface area contributed by atoms with Gasteiger partial charge in [-0.15, -0.1) is 0 Å². The van der Waals surface area contributed by atoms with Gasteiger partial charge in [-0.25, -0.2) is 17.7 Å². The summed E-state index contributed by atoms with van der Waals surface area (Å²) < 4.78 is 25.6. The van der Waals surface area contributed by atoms with Crippen molar-refractivity contribution in [3.63, 3.8) is 0 Å². The summed E-state index contributed by atoms with van der Waals surface area (Å²) in [5.74, 6) is -0.562. The Labute approximate surface area is 149 Å². The Balaban J connectivity index is 1.77. The Kier molecular flexibility index (Phi) is 4.83. The van der Waals surface area contributed by atoms with Crippen LogP contribution in [0.4, 0.5) is 5.13 Å². The van der Waals surface area contributed by atoms with Gasteiger partial charge in [0.15, 0.2) is 5.13 Å². The molecule has 0 saturated carbocycles. The minimum atomic E-state index is -3.27. The minimum absolute atomic E-state index is 0.198. The molecule has 1 N–H and O–H groups in total. The zero-order valence-corrected chi connectivity index (χ0v) is 15.8. The molecule has 1 saturated heterocycles. The van der Waals surface area contributed by atoms with Gasteiger partial charge in [0.25, 0.3) is 0 Å². The largest absolute Gasteiger partial charge is 0.302 e. The summed E-state index contributed by atoms with van der Waals surface area (Å²) in [5.41, 5.74) is 1.77. The van der Waals surface area contributed by atoms with Crippen LogP contribution in [0.1, 0.15) is 18.4 Å². The number of amides is 1. The third-order valence-corrected chi connectivity index (χ3v) is 6.85. The van der Waals surface area contributed by atoms with Crippen LogP contribution >= 0.6 is 22.9 Å². The highest BCUT2D eigenvalue weighted by molar-refractivity contribution is 7.88. The van der Waals surface area contributed by atoms with Gasteiger partial charge < -0.3 is 5.32 Å². The Morgan fingerprint density at radius 3 is 2.88 bits per heavy atom. The van der Waals surface area contributed by atoms with Crippen molar-refractivity contribution in [3.8, 4) is 0 Å². The van der Waals surface area contributed by atoms with Gasteiger partial charge in [-0.05, 0) is 31.4 Å². The summed E-state index contributed by atoms with van der Waals surface area (Å²) in [6.07, 6.45) is 2.52. The summed E-state index contributed by atoms with van der Waals surface area (Å²) in [5, 5.41) is 3.91. The van der Waals surface area contributed by atoms with Crippen molar-refractivity contribution in [1.29, 1.82) is 0 Å². The van der Waals surface area contributed by atoms with Crippen molar-refractivity contribution >= 4 is 54.2 Å². The van der Waals surface area contributed by atoms with Crippen molar-refractivity contribution in [3.05, 3.63) is 22.7 Å². The standard InChI is InChI=1S/C15H18ClN3O3S2/c1-9-5-6-11(16)13-12(9)17-15(23-13)18-14(20)10-4-3-7-19(8-10)24(2,21)22/h5-6,10H,3-4,7-8H2,1-2H3,(H,17,18,20). The van der Waals surface area contributed by atoms with Crippen LogP contribution in [-0.2, 0) is 14.8 Å². The average molecular weight is 388 g/mol. The first-order valence-electron chi connectivity index (χ1n) is 7.57. The molecule has 1 unspecified atom stereocenters. The zero-order chi connectivity index (χ0) is 17.5. The maximum Gasteiger partial charge on any atom is 0.230 e. The number of sulfonamides is 1. The van der Waals surface area contributed by atoms with E-state index in [9.17, 15) is 13.2 Å². The highest BCUT2D eigenvalue weighted by atomic mass is 35.5. The van der Waals surface area contributed by atoms with Crippen LogP contribution in [0.3, 0.4) is 0 Å². The fraction of sp³-hybridized carbons (Fsp3) is 0.467. The number of fused-ring (bicyclic) bond motifs is 1. The highest BCUT2D eigenvalue weighted by Gasteiger charge is 2.30. The molecule has 24 heavy (non-hydrogen) atoms. The molecule has 1 atom stereocenters. The van der Waals surface area contributed by atoms with E-state index in [-0.39, 0.29) is 18.4 Å². The lowest BCUT2D eigenvalue weighted by atomic mass is 9.99. The number of hydrogen-bond acceptors (Lipinski definition) is 5. The Bertz CT molecular complexity index is 856. The second kappa shape index (κ2) is 6.59. The van der Waals surface area contributed by atoms with Crippen molar-refractivity contribution in [2.75, 3.05) is 24.7 Å². The predicted octanol–water partition coefficient (Wildman–Crippen LogP) is 2.87. The van der Waals surface area contributed by atoms with Gasteiger partial charge in [-0.2, -0.15) is 0 Å². The summed E-state index contributed by atoms with van der Waals surface area (Å²) in [7, 11) is -3.27. The Hall–Kier alpha value is -1.22. The zero-order valence-electron chi connectivity index (χ0n) is 13.4. The first-order chi connectivity index (χ1) is 11.3. The SMILES string of the molecule is Cc1ccc(Cl)c2sc(NC(=O)C3CCCN(S(C)(=O)=O)C3)nc12. The number of piperidine rings is 1. The maximum atomic E-state index is 12.5. The monoisotopic (exact) mass is 387 g/mol. The first kappa shape index (κ1) is 17.6. The molecule has 0 spiro atoms. The fourth-order valence-corrected chi connectivity index (χ4v) is 4.95. The van der Waals surface area contributed by atoms with E-state index in [0.29, 0.717) is 29.5 Å². The minimum Gasteiger partial charge on any atom is -0.302 e. The summed E-state index contributed by atoms with van der Waals surface area (Å²) >= 11 is 7.51. The van der Waals surface area contributed by atoms with Crippen LogP contribution in [0.2, 0.25) is 5.02 Å². The van der Waals surface area contributed by atoms with E-state index in [1.54, 1.807) is 0 Å². The number of nitrogens with zero attached hydrogens (tertiary/aromatic N) is 2. The molecule has 0 radical (unpaired) electrons. The Morgan fingerprint density at radius 2 is 2.21 bits per heavy atom. The number of carbonyl (C=O) groups excluding carboxylic acids is 1. The molecule has 1 amide bonds. The number of benzene rings is 1. The molecule has 1 aromatic carbocycles. The number of nitrogens with one attached hydrogen (secondary N) is 1. The van der Waals surface area contributed by atoms with E-state index in [0.717, 1.165) is 15.8 Å². The number of carbonyl (C=O) groups is 1. The van der Waals surface area contributed by atoms with E-state index in [1.807, 2.05) is 19.1 Å². The molecule has 2 aromatic rings. The third kappa shape index (κ3) is 3.56. The van der Waals surface area contributed by atoms with Gasteiger partial charge in [-0.1, -0.05) is 29.0 Å². The Morgan fingerprint density at radius 1 is 1.46 bits per heavy atom. The van der Waals surface area contributed by atoms with Crippen LogP contribution in [0.5, 0.6) is 0 Å². The molecular formula is C15H18ClN3O3S2. The summed E-state index contributed by atoms with van der Waals surface area (Å²) in [6.45, 7) is 2.63. The fourth-order valence-electron chi connectivity index (χ4n) is 2.82. The topological polar surface area (TPSA) is 79.4 Å². The molecule has 1 aromatic heterocycles. The number of halogens is 1. The van der Waals surface area contributed by atoms with Crippen molar-refractivity contribution in [2.24, 2.45) is 5.92 Å². The molecule has 0 aliphatic carbocycles. The van der Waals surface area contributed by atoms with Crippen molar-refractivity contribution in [2.45, 2.75) is 19.8 Å². The quantitative estimate of drug-likeness (QED) is 0.878. The number of hydrogen-bond donors (Lipinski definition) is 1. The number of aryl methyl sites for hydroxylation is 1. The highest BCUT2D eigenvalue weighted by Crippen LogP contribution is 2.34. The predicted molar refractivity (Wildman–Crippen MR) is 97.1 cm³/mol. The lowest BCUT2D eigenvalue weighted by Gasteiger charge is -2.29. The number of anilines is 1. The van der Waals surface area contributed by atoms with Crippen molar-refractivity contribution in [1.82, 2.24) is 9.29 Å². The van der Waals surface area contributed by atoms with E-state index >= 15 is 0 Å². The smallest absolute Gasteiger partial charge is 0.230 e. The molecule has 1 aliphatic heterocycles. The molecule has 3 rings (SSSR count). The van der Waals surface area contributed by atoms with Crippen LogP contribution in [0, 0.1) is 12.8 Å².